The van der Waals surface area contributed by atoms with Gasteiger partial charge in [-0.15, -0.1) is 17.9 Å². The summed E-state index contributed by atoms with van der Waals surface area (Å²) < 4.78 is 7.48. The molecule has 3 heterocycles. The van der Waals surface area contributed by atoms with Crippen LogP contribution in [0.3, 0.4) is 0 Å². The Morgan fingerprint density at radius 1 is 1.57 bits per heavy atom. The molecule has 6 nitrogen and oxygen atoms in total. The van der Waals surface area contributed by atoms with Gasteiger partial charge in [0.05, 0.1) is 23.3 Å². The van der Waals surface area contributed by atoms with Gasteiger partial charge in [0.15, 0.2) is 5.16 Å². The molecule has 1 fully saturated rings. The minimum absolute atomic E-state index is 0.0195. The molecule has 28 heavy (non-hydrogen) atoms. The van der Waals surface area contributed by atoms with Gasteiger partial charge in [-0.3, -0.25) is 14.2 Å². The maximum absolute atomic E-state index is 13.4. The van der Waals surface area contributed by atoms with Gasteiger partial charge in [0.25, 0.3) is 5.56 Å². The standard InChI is InChI=1S/C20H27N3O3S2/c1-5-9-21-17(24)13(4)28-20-22-18-16(15(6-2)12(3)27-18)19(25)23(20)11-14-8-7-10-26-14/h5,13-14H,1,6-11H2,2-4H3,(H,21,24). The summed E-state index contributed by atoms with van der Waals surface area (Å²) in [5.74, 6) is -0.0977. The van der Waals surface area contributed by atoms with Crippen LogP contribution in [-0.2, 0) is 22.5 Å². The van der Waals surface area contributed by atoms with E-state index in [0.29, 0.717) is 18.2 Å². The largest absolute Gasteiger partial charge is 0.376 e. The number of aryl methyl sites for hydroxylation is 2. The van der Waals surface area contributed by atoms with Crippen LogP contribution in [0.1, 0.15) is 37.1 Å². The lowest BCUT2D eigenvalue weighted by atomic mass is 10.1. The molecule has 2 atom stereocenters. The van der Waals surface area contributed by atoms with Gasteiger partial charge in [-0.05, 0) is 38.7 Å². The molecular weight excluding hydrogens is 394 g/mol. The third-order valence-electron chi connectivity index (χ3n) is 4.91. The highest BCUT2D eigenvalue weighted by atomic mass is 32.2. The second-order valence-corrected chi connectivity index (χ2v) is 9.42. The van der Waals surface area contributed by atoms with Gasteiger partial charge < -0.3 is 10.1 Å². The molecule has 1 aliphatic rings. The molecule has 0 aromatic carbocycles. The smallest absolute Gasteiger partial charge is 0.263 e. The van der Waals surface area contributed by atoms with Gasteiger partial charge in [0.2, 0.25) is 5.91 Å². The molecule has 2 unspecified atom stereocenters. The molecule has 0 bridgehead atoms. The Bertz CT molecular complexity index is 929. The maximum Gasteiger partial charge on any atom is 0.263 e. The minimum atomic E-state index is -0.369. The summed E-state index contributed by atoms with van der Waals surface area (Å²) >= 11 is 2.87. The van der Waals surface area contributed by atoms with Crippen molar-refractivity contribution in [2.75, 3.05) is 13.2 Å². The van der Waals surface area contributed by atoms with E-state index >= 15 is 0 Å². The quantitative estimate of drug-likeness (QED) is 0.402. The number of thioether (sulfide) groups is 1. The lowest BCUT2D eigenvalue weighted by Gasteiger charge is -2.18. The van der Waals surface area contributed by atoms with Crippen LogP contribution in [0.2, 0.25) is 0 Å². The highest BCUT2D eigenvalue weighted by Crippen LogP contribution is 2.31. The number of nitrogens with zero attached hydrogens (tertiary/aromatic N) is 2. The van der Waals surface area contributed by atoms with Gasteiger partial charge in [0.1, 0.15) is 4.83 Å². The monoisotopic (exact) mass is 421 g/mol. The Labute approximate surface area is 173 Å². The van der Waals surface area contributed by atoms with Crippen molar-refractivity contribution in [3.05, 3.63) is 33.4 Å². The third kappa shape index (κ3) is 4.34. The molecule has 0 radical (unpaired) electrons. The molecule has 152 valence electrons. The number of carbonyl (C=O) groups is 1. The van der Waals surface area contributed by atoms with E-state index in [1.165, 1.54) is 11.8 Å². The SMILES string of the molecule is C=CCNC(=O)C(C)Sc1nc2sc(C)c(CC)c2c(=O)n1CC1CCCO1. The number of hydrogen-bond donors (Lipinski definition) is 1. The number of thiophene rings is 1. The zero-order chi connectivity index (χ0) is 20.3. The van der Waals surface area contributed by atoms with Gasteiger partial charge >= 0.3 is 0 Å². The lowest BCUT2D eigenvalue weighted by molar-refractivity contribution is -0.120. The van der Waals surface area contributed by atoms with Crippen LogP contribution in [0.25, 0.3) is 10.2 Å². The Morgan fingerprint density at radius 2 is 2.36 bits per heavy atom. The summed E-state index contributed by atoms with van der Waals surface area (Å²) in [7, 11) is 0. The van der Waals surface area contributed by atoms with Crippen LogP contribution in [0.4, 0.5) is 0 Å². The van der Waals surface area contributed by atoms with Crippen LogP contribution in [0, 0.1) is 6.92 Å². The summed E-state index contributed by atoms with van der Waals surface area (Å²) in [5.41, 5.74) is 1.05. The summed E-state index contributed by atoms with van der Waals surface area (Å²) in [6.45, 7) is 11.2. The fourth-order valence-corrected chi connectivity index (χ4v) is 5.53. The number of nitrogens with one attached hydrogen (secondary N) is 1. The first-order chi connectivity index (χ1) is 13.5. The van der Waals surface area contributed by atoms with E-state index in [9.17, 15) is 9.59 Å². The number of carbonyl (C=O) groups excluding carboxylic acids is 1. The predicted molar refractivity (Wildman–Crippen MR) is 115 cm³/mol. The molecule has 0 aliphatic carbocycles. The van der Waals surface area contributed by atoms with E-state index in [4.69, 9.17) is 9.72 Å². The topological polar surface area (TPSA) is 73.2 Å². The van der Waals surface area contributed by atoms with Gasteiger partial charge in [-0.25, -0.2) is 4.98 Å². The van der Waals surface area contributed by atoms with Crippen molar-refractivity contribution < 1.29 is 9.53 Å². The van der Waals surface area contributed by atoms with Crippen molar-refractivity contribution in [1.82, 2.24) is 14.9 Å². The van der Waals surface area contributed by atoms with Crippen molar-refractivity contribution in [2.24, 2.45) is 0 Å². The Morgan fingerprint density at radius 3 is 3.00 bits per heavy atom. The zero-order valence-corrected chi connectivity index (χ0v) is 18.3. The molecule has 2 aromatic heterocycles. The van der Waals surface area contributed by atoms with Gasteiger partial charge in [0, 0.05) is 18.0 Å². The van der Waals surface area contributed by atoms with Gasteiger partial charge in [-0.2, -0.15) is 0 Å². The molecule has 1 N–H and O–H groups in total. The molecule has 8 heteroatoms. The predicted octanol–water partition coefficient (Wildman–Crippen LogP) is 3.29. The zero-order valence-electron chi connectivity index (χ0n) is 16.6. The van der Waals surface area contributed by atoms with E-state index in [1.807, 2.05) is 13.8 Å². The summed E-state index contributed by atoms with van der Waals surface area (Å²) in [4.78, 5) is 32.4. The average molecular weight is 422 g/mol. The summed E-state index contributed by atoms with van der Waals surface area (Å²) in [6.07, 6.45) is 4.41. The van der Waals surface area contributed by atoms with Crippen molar-refractivity contribution in [2.45, 2.75) is 63.1 Å². The number of hydrogen-bond acceptors (Lipinski definition) is 6. The fraction of sp³-hybridized carbons (Fsp3) is 0.550. The highest BCUT2D eigenvalue weighted by molar-refractivity contribution is 8.00. The van der Waals surface area contributed by atoms with Crippen molar-refractivity contribution in [1.29, 1.82) is 0 Å². The molecule has 1 saturated heterocycles. The molecule has 1 amide bonds. The Kier molecular flexibility index (Phi) is 6.95. The van der Waals surface area contributed by atoms with Crippen LogP contribution in [0.5, 0.6) is 0 Å². The second-order valence-electron chi connectivity index (χ2n) is 6.91. The number of fused-ring (bicyclic) bond motifs is 1. The van der Waals surface area contributed by atoms with Crippen LogP contribution in [0.15, 0.2) is 22.6 Å². The van der Waals surface area contributed by atoms with Crippen molar-refractivity contribution in [3.8, 4) is 0 Å². The summed E-state index contributed by atoms with van der Waals surface area (Å²) in [5, 5.41) is 3.74. The molecule has 3 rings (SSSR count). The molecule has 0 spiro atoms. The van der Waals surface area contributed by atoms with E-state index < -0.39 is 0 Å². The highest BCUT2D eigenvalue weighted by Gasteiger charge is 2.25. The lowest BCUT2D eigenvalue weighted by Crippen LogP contribution is -2.33. The normalized spacial score (nSPS) is 17.8. The third-order valence-corrected chi connectivity index (χ3v) is 7.04. The van der Waals surface area contributed by atoms with Crippen LogP contribution in [-0.4, -0.2) is 40.0 Å². The maximum atomic E-state index is 13.4. The van der Waals surface area contributed by atoms with Crippen molar-refractivity contribution in [3.63, 3.8) is 0 Å². The number of amides is 1. The molecule has 1 aliphatic heterocycles. The molecule has 0 saturated carbocycles. The first kappa shape index (κ1) is 21.1. The average Bonchev–Trinajstić information content (AvgIpc) is 3.29. The van der Waals surface area contributed by atoms with E-state index in [2.05, 4.69) is 18.8 Å². The Balaban J connectivity index is 2.02. The van der Waals surface area contributed by atoms with Gasteiger partial charge in [-0.1, -0.05) is 24.8 Å². The van der Waals surface area contributed by atoms with Crippen LogP contribution < -0.4 is 10.9 Å². The van der Waals surface area contributed by atoms with E-state index in [0.717, 1.165) is 46.5 Å². The Hall–Kier alpha value is -1.64. The minimum Gasteiger partial charge on any atom is -0.376 e. The first-order valence-corrected chi connectivity index (χ1v) is 11.4. The fourth-order valence-electron chi connectivity index (χ4n) is 3.43. The van der Waals surface area contributed by atoms with E-state index in [1.54, 1.807) is 22.0 Å². The molecular formula is C20H27N3O3S2. The number of aromatic nitrogens is 2. The number of ether oxygens (including phenoxy) is 1. The van der Waals surface area contributed by atoms with E-state index in [-0.39, 0.29) is 22.8 Å². The molecule has 2 aromatic rings. The first-order valence-electron chi connectivity index (χ1n) is 9.65. The second kappa shape index (κ2) is 9.24. The number of rotatable bonds is 8. The summed E-state index contributed by atoms with van der Waals surface area (Å²) in [6, 6.07) is 0. The van der Waals surface area contributed by atoms with Crippen molar-refractivity contribution >= 4 is 39.2 Å². The van der Waals surface area contributed by atoms with Crippen LogP contribution >= 0.6 is 23.1 Å².